The Balaban J connectivity index is 0.00000106. The second-order valence-electron chi connectivity index (χ2n) is 8.58. The number of hydrogen-bond acceptors (Lipinski definition) is 7. The summed E-state index contributed by atoms with van der Waals surface area (Å²) in [6, 6.07) is 16.5. The van der Waals surface area contributed by atoms with Gasteiger partial charge in [0.1, 0.15) is 0 Å². The number of carboxylic acids is 1. The van der Waals surface area contributed by atoms with Crippen molar-refractivity contribution in [3.63, 3.8) is 0 Å². The minimum Gasteiger partial charge on any atom is -0.550 e. The zero-order chi connectivity index (χ0) is 26.7. The van der Waals surface area contributed by atoms with Gasteiger partial charge in [-0.2, -0.15) is 0 Å². The van der Waals surface area contributed by atoms with E-state index in [1.165, 1.54) is 0 Å². The van der Waals surface area contributed by atoms with E-state index in [1.54, 1.807) is 0 Å². The fourth-order valence-corrected chi connectivity index (χ4v) is 2.92. The summed E-state index contributed by atoms with van der Waals surface area (Å²) in [6.07, 6.45) is 11.4. The number of benzene rings is 2. The number of carbonyl (C=O) groups excluding carboxylic acids is 1. The maximum atomic E-state index is 8.89. The van der Waals surface area contributed by atoms with Crippen LogP contribution in [0, 0.1) is 0 Å². The lowest BCUT2D eigenvalue weighted by Crippen LogP contribution is -2.29. The molecule has 0 aliphatic rings. The van der Waals surface area contributed by atoms with Gasteiger partial charge in [0.05, 0.1) is 12.4 Å². The third kappa shape index (κ3) is 9.09. The molecule has 1 aromatic heterocycles. The van der Waals surface area contributed by atoms with Gasteiger partial charge in [0, 0.05) is 71.9 Å². The van der Waals surface area contributed by atoms with Crippen LogP contribution in [0.4, 0.5) is 11.4 Å². The molecule has 0 fully saturated rings. The molecule has 190 valence electrons. The van der Waals surface area contributed by atoms with Crippen molar-refractivity contribution in [3.05, 3.63) is 84.1 Å². The van der Waals surface area contributed by atoms with Gasteiger partial charge in [-0.3, -0.25) is 0 Å². The molecule has 0 saturated carbocycles. The van der Waals surface area contributed by atoms with Crippen molar-refractivity contribution in [2.45, 2.75) is 6.92 Å². The van der Waals surface area contributed by atoms with Crippen molar-refractivity contribution in [2.75, 3.05) is 52.1 Å². The molecular weight excluding hydrogens is 454 g/mol. The Hall–Kier alpha value is -4.40. The van der Waals surface area contributed by atoms with Crippen molar-refractivity contribution in [2.24, 2.45) is 10.2 Å². The molecule has 0 unspecified atom stereocenters. The molecule has 0 bridgehead atoms. The fraction of sp³-hybridized carbons (Fsp3) is 0.259. The van der Waals surface area contributed by atoms with Crippen molar-refractivity contribution in [3.8, 4) is 0 Å². The van der Waals surface area contributed by atoms with Crippen LogP contribution < -0.4 is 19.6 Å². The molecule has 2 aromatic carbocycles. The Bertz CT molecular complexity index is 1110. The van der Waals surface area contributed by atoms with E-state index < -0.39 is 5.97 Å². The molecule has 9 heteroatoms. The monoisotopic (exact) mass is 489 g/mol. The Morgan fingerprint density at radius 2 is 1.33 bits per heavy atom. The standard InChI is InChI=1S/C25H32N7.C2H4O2/c1-28(2)16-15-25-31(26-19-21-7-11-23(12-8-21)29(3)4)17-18-32(25)27-20-22-9-13-24(14-10-22)30(5)6;1-2(3)4/h7-20H,1-6H3;1H3,(H,3,4)/q+1;/p-1. The van der Waals surface area contributed by atoms with Crippen molar-refractivity contribution in [1.82, 2.24) is 9.58 Å². The van der Waals surface area contributed by atoms with Gasteiger partial charge in [-0.25, -0.2) is 0 Å². The van der Waals surface area contributed by atoms with Crippen LogP contribution in [0.5, 0.6) is 0 Å². The minimum atomic E-state index is -1.08. The van der Waals surface area contributed by atoms with Gasteiger partial charge in [0.15, 0.2) is 12.4 Å². The topological polar surface area (TPSA) is 83.4 Å². The van der Waals surface area contributed by atoms with Crippen LogP contribution in [0.15, 0.2) is 77.3 Å². The second-order valence-corrected chi connectivity index (χ2v) is 8.58. The third-order valence-electron chi connectivity index (χ3n) is 4.82. The lowest BCUT2D eigenvalue weighted by atomic mass is 10.2. The molecule has 3 aromatic rings. The molecule has 1 heterocycles. The highest BCUT2D eigenvalue weighted by Gasteiger charge is 2.14. The summed E-state index contributed by atoms with van der Waals surface area (Å²) in [6.45, 7) is 0.972. The summed E-state index contributed by atoms with van der Waals surface area (Å²) in [5, 5.41) is 18.2. The van der Waals surface area contributed by atoms with E-state index in [9.17, 15) is 0 Å². The number of carbonyl (C=O) groups is 1. The molecule has 0 aliphatic heterocycles. The lowest BCUT2D eigenvalue weighted by molar-refractivity contribution is -0.679. The summed E-state index contributed by atoms with van der Waals surface area (Å²) in [7, 11) is 12.1. The largest absolute Gasteiger partial charge is 0.550 e. The van der Waals surface area contributed by atoms with E-state index in [2.05, 4.69) is 68.5 Å². The number of imidazole rings is 1. The molecule has 0 amide bonds. The van der Waals surface area contributed by atoms with Gasteiger partial charge in [0.25, 0.3) is 0 Å². The maximum absolute atomic E-state index is 8.89. The number of rotatable bonds is 8. The molecular formula is C27H35N7O2. The van der Waals surface area contributed by atoms with E-state index in [1.807, 2.05) is 93.6 Å². The number of carboxylic acid groups (broad SMARTS) is 1. The fourth-order valence-electron chi connectivity index (χ4n) is 2.92. The first-order valence-electron chi connectivity index (χ1n) is 11.4. The Morgan fingerprint density at radius 1 is 0.861 bits per heavy atom. The van der Waals surface area contributed by atoms with Crippen LogP contribution in [0.2, 0.25) is 0 Å². The summed E-state index contributed by atoms with van der Waals surface area (Å²) in [5.74, 6) is -0.249. The highest BCUT2D eigenvalue weighted by molar-refractivity contribution is 5.80. The predicted octanol–water partition coefficient (Wildman–Crippen LogP) is 1.96. The Morgan fingerprint density at radius 3 is 1.78 bits per heavy atom. The molecule has 36 heavy (non-hydrogen) atoms. The average Bonchev–Trinajstić information content (AvgIpc) is 3.21. The van der Waals surface area contributed by atoms with Gasteiger partial charge >= 0.3 is 5.82 Å². The van der Waals surface area contributed by atoms with Crippen LogP contribution in [-0.2, 0) is 4.79 Å². The van der Waals surface area contributed by atoms with Crippen molar-refractivity contribution >= 4 is 35.8 Å². The minimum absolute atomic E-state index is 0.834. The summed E-state index contributed by atoms with van der Waals surface area (Å²) < 4.78 is 3.62. The van der Waals surface area contributed by atoms with Gasteiger partial charge in [-0.15, -0.1) is 0 Å². The number of nitrogens with zero attached hydrogens (tertiary/aromatic N) is 7. The zero-order valence-electron chi connectivity index (χ0n) is 22.0. The molecule has 0 spiro atoms. The molecule has 9 nitrogen and oxygen atoms in total. The first-order valence-corrected chi connectivity index (χ1v) is 11.4. The number of aliphatic carboxylic acids is 1. The van der Waals surface area contributed by atoms with Gasteiger partial charge in [0.2, 0.25) is 0 Å². The Labute approximate surface area is 213 Å². The lowest BCUT2D eigenvalue weighted by Gasteiger charge is -2.11. The van der Waals surface area contributed by atoms with E-state index in [0.717, 1.165) is 35.2 Å². The van der Waals surface area contributed by atoms with E-state index in [4.69, 9.17) is 9.90 Å². The molecule has 0 N–H and O–H groups in total. The highest BCUT2D eigenvalue weighted by atomic mass is 16.4. The van der Waals surface area contributed by atoms with Gasteiger partial charge in [-0.1, -0.05) is 43.8 Å². The number of hydrogen-bond donors (Lipinski definition) is 0. The zero-order valence-corrected chi connectivity index (χ0v) is 22.0. The summed E-state index contributed by atoms with van der Waals surface area (Å²) in [4.78, 5) is 15.0. The summed E-state index contributed by atoms with van der Waals surface area (Å²) in [5.41, 5.74) is 4.37. The van der Waals surface area contributed by atoms with Crippen LogP contribution >= 0.6 is 0 Å². The second kappa shape index (κ2) is 13.5. The molecule has 0 atom stereocenters. The van der Waals surface area contributed by atoms with Crippen molar-refractivity contribution in [1.29, 1.82) is 0 Å². The number of aromatic nitrogens is 2. The normalized spacial score (nSPS) is 11.1. The first-order chi connectivity index (χ1) is 17.1. The average molecular weight is 490 g/mol. The van der Waals surface area contributed by atoms with Crippen molar-refractivity contribution < 1.29 is 14.6 Å². The van der Waals surface area contributed by atoms with Crippen LogP contribution in [0.1, 0.15) is 23.9 Å². The maximum Gasteiger partial charge on any atom is 0.334 e. The van der Waals surface area contributed by atoms with Crippen LogP contribution in [0.25, 0.3) is 6.08 Å². The quantitative estimate of drug-likeness (QED) is 0.357. The van der Waals surface area contributed by atoms with E-state index in [0.29, 0.717) is 0 Å². The highest BCUT2D eigenvalue weighted by Crippen LogP contribution is 2.12. The summed E-state index contributed by atoms with van der Waals surface area (Å²) >= 11 is 0. The van der Waals surface area contributed by atoms with E-state index in [-0.39, 0.29) is 0 Å². The molecule has 3 rings (SSSR count). The molecule has 0 radical (unpaired) electrons. The Kier molecular flexibility index (Phi) is 10.4. The molecule has 0 aliphatic carbocycles. The van der Waals surface area contributed by atoms with E-state index >= 15 is 0 Å². The first kappa shape index (κ1) is 27.8. The number of anilines is 2. The van der Waals surface area contributed by atoms with Crippen LogP contribution in [-0.4, -0.2) is 70.3 Å². The van der Waals surface area contributed by atoms with Gasteiger partial charge in [-0.05, 0) is 42.3 Å². The van der Waals surface area contributed by atoms with Gasteiger partial charge < -0.3 is 24.6 Å². The van der Waals surface area contributed by atoms with Crippen LogP contribution in [0.3, 0.4) is 0 Å². The molecule has 0 saturated heterocycles. The smallest absolute Gasteiger partial charge is 0.334 e. The SMILES string of the molecule is CC(=O)[O-].CN(C)C=Cc1n(N=Cc2ccc(N(C)C)cc2)cc[n+]1N=Cc1ccc(N(C)C)cc1. The third-order valence-corrected chi connectivity index (χ3v) is 4.82. The predicted molar refractivity (Wildman–Crippen MR) is 146 cm³/mol.